The van der Waals surface area contributed by atoms with Crippen molar-refractivity contribution in [3.05, 3.63) is 79.4 Å². The fraction of sp³-hybridized carbons (Fsp3) is 0.190. The Morgan fingerprint density at radius 2 is 1.85 bits per heavy atom. The lowest BCUT2D eigenvalue weighted by atomic mass is 10.2. The van der Waals surface area contributed by atoms with Gasteiger partial charge in [0.1, 0.15) is 0 Å². The SMILES string of the molecule is C=C(C=CC#N)C(=O)OCCCC.C=CC(=O)O.C=Cc1ccccc1. The van der Waals surface area contributed by atoms with Crippen LogP contribution in [-0.2, 0) is 14.3 Å². The predicted octanol–water partition coefficient (Wildman–Crippen LogP) is 4.55. The van der Waals surface area contributed by atoms with Crippen molar-refractivity contribution in [2.45, 2.75) is 19.8 Å². The monoisotopic (exact) mass is 355 g/mol. The largest absolute Gasteiger partial charge is 0.478 e. The lowest BCUT2D eigenvalue weighted by molar-refractivity contribution is -0.138. The Bertz CT molecular complexity index is 640. The molecular formula is C21H25NO4. The third kappa shape index (κ3) is 17.0. The van der Waals surface area contributed by atoms with Crippen molar-refractivity contribution in [1.29, 1.82) is 5.26 Å². The molecule has 0 bridgehead atoms. The fourth-order valence-corrected chi connectivity index (χ4v) is 1.20. The molecule has 0 aromatic heterocycles. The van der Waals surface area contributed by atoms with Gasteiger partial charge in [0.15, 0.2) is 0 Å². The first-order valence-corrected chi connectivity index (χ1v) is 7.87. The van der Waals surface area contributed by atoms with Crippen molar-refractivity contribution in [2.75, 3.05) is 6.61 Å². The van der Waals surface area contributed by atoms with Crippen LogP contribution in [0.15, 0.2) is 73.9 Å². The van der Waals surface area contributed by atoms with E-state index in [9.17, 15) is 9.59 Å². The highest BCUT2D eigenvalue weighted by Gasteiger charge is 2.03. The molecule has 1 aromatic carbocycles. The van der Waals surface area contributed by atoms with E-state index in [-0.39, 0.29) is 5.57 Å². The van der Waals surface area contributed by atoms with Crippen molar-refractivity contribution in [2.24, 2.45) is 0 Å². The van der Waals surface area contributed by atoms with E-state index >= 15 is 0 Å². The van der Waals surface area contributed by atoms with E-state index < -0.39 is 11.9 Å². The van der Waals surface area contributed by atoms with Crippen LogP contribution in [0.3, 0.4) is 0 Å². The summed E-state index contributed by atoms with van der Waals surface area (Å²) in [4.78, 5) is 20.3. The minimum absolute atomic E-state index is 0.206. The summed E-state index contributed by atoms with van der Waals surface area (Å²) in [5.41, 5.74) is 1.38. The minimum Gasteiger partial charge on any atom is -0.478 e. The molecule has 0 aliphatic heterocycles. The normalized spacial score (nSPS) is 8.62. The Hall–Kier alpha value is -3.39. The number of hydrogen-bond donors (Lipinski definition) is 1. The molecule has 0 aliphatic rings. The standard InChI is InChI=1S/C10H13NO2.C8H8.C3H4O2/c1-3-4-8-13-10(12)9(2)6-5-7-11;1-2-8-6-4-3-5-7-8;1-2-3(4)5/h5-6H,2-4,8H2,1H3;2-7H,1H2;2H,1H2,(H,4,5). The summed E-state index contributed by atoms with van der Waals surface area (Å²) >= 11 is 0. The Kier molecular flexibility index (Phi) is 17.2. The number of carboxylic acids is 1. The molecule has 0 heterocycles. The number of nitrogens with zero attached hydrogens (tertiary/aromatic N) is 1. The summed E-state index contributed by atoms with van der Waals surface area (Å²) in [6.07, 6.45) is 7.03. The van der Waals surface area contributed by atoms with Gasteiger partial charge in [0.05, 0.1) is 18.2 Å². The maximum Gasteiger partial charge on any atom is 0.337 e. The van der Waals surface area contributed by atoms with Gasteiger partial charge in [-0.3, -0.25) is 0 Å². The molecule has 0 amide bonds. The molecule has 26 heavy (non-hydrogen) atoms. The van der Waals surface area contributed by atoms with Crippen LogP contribution in [0.5, 0.6) is 0 Å². The molecule has 0 saturated heterocycles. The zero-order chi connectivity index (χ0) is 20.2. The van der Waals surface area contributed by atoms with Crippen LogP contribution in [0.4, 0.5) is 0 Å². The molecule has 138 valence electrons. The summed E-state index contributed by atoms with van der Waals surface area (Å²) in [5, 5.41) is 15.8. The number of carbonyl (C=O) groups excluding carboxylic acids is 1. The molecule has 0 unspecified atom stereocenters. The Morgan fingerprint density at radius 1 is 1.27 bits per heavy atom. The van der Waals surface area contributed by atoms with Crippen LogP contribution in [0.25, 0.3) is 6.08 Å². The van der Waals surface area contributed by atoms with Gasteiger partial charge in [0.2, 0.25) is 0 Å². The van der Waals surface area contributed by atoms with Crippen LogP contribution >= 0.6 is 0 Å². The Morgan fingerprint density at radius 3 is 2.23 bits per heavy atom. The number of rotatable bonds is 7. The molecule has 0 fully saturated rings. The summed E-state index contributed by atoms with van der Waals surface area (Å²) in [5.74, 6) is -1.44. The van der Waals surface area contributed by atoms with Crippen molar-refractivity contribution >= 4 is 18.0 Å². The molecule has 1 N–H and O–H groups in total. The number of carboxylic acid groups (broad SMARTS) is 1. The van der Waals surface area contributed by atoms with Gasteiger partial charge in [0.25, 0.3) is 0 Å². The Labute approximate surface area is 155 Å². The second kappa shape index (κ2) is 18.0. The number of carbonyl (C=O) groups is 2. The second-order valence-electron chi connectivity index (χ2n) is 4.63. The van der Waals surface area contributed by atoms with E-state index in [2.05, 4.69) is 19.7 Å². The van der Waals surface area contributed by atoms with Gasteiger partial charge >= 0.3 is 11.9 Å². The topological polar surface area (TPSA) is 87.4 Å². The van der Waals surface area contributed by atoms with Gasteiger partial charge < -0.3 is 9.84 Å². The average molecular weight is 355 g/mol. The van der Waals surface area contributed by atoms with Gasteiger partial charge in [-0.15, -0.1) is 0 Å². The molecular weight excluding hydrogens is 330 g/mol. The number of allylic oxidation sites excluding steroid dienone is 1. The fourth-order valence-electron chi connectivity index (χ4n) is 1.20. The van der Waals surface area contributed by atoms with E-state index in [4.69, 9.17) is 15.1 Å². The van der Waals surface area contributed by atoms with Gasteiger partial charge in [0, 0.05) is 12.2 Å². The lowest BCUT2D eigenvalue weighted by Gasteiger charge is -2.01. The molecule has 0 spiro atoms. The molecule has 0 aliphatic carbocycles. The molecule has 5 nitrogen and oxygen atoms in total. The van der Waals surface area contributed by atoms with E-state index in [0.717, 1.165) is 18.9 Å². The number of ether oxygens (including phenoxy) is 1. The third-order valence-electron chi connectivity index (χ3n) is 2.56. The first-order valence-electron chi connectivity index (χ1n) is 7.87. The van der Waals surface area contributed by atoms with Crippen LogP contribution < -0.4 is 0 Å². The number of unbranched alkanes of at least 4 members (excludes halogenated alkanes) is 1. The average Bonchev–Trinajstić information content (AvgIpc) is 2.67. The quantitative estimate of drug-likeness (QED) is 0.255. The number of esters is 1. The first-order chi connectivity index (χ1) is 12.4. The van der Waals surface area contributed by atoms with Crippen LogP contribution in [0.1, 0.15) is 25.3 Å². The van der Waals surface area contributed by atoms with Crippen LogP contribution in [0, 0.1) is 11.3 Å². The van der Waals surface area contributed by atoms with E-state index in [1.54, 1.807) is 6.07 Å². The highest BCUT2D eigenvalue weighted by atomic mass is 16.5. The minimum atomic E-state index is -0.981. The molecule has 1 rings (SSSR count). The predicted molar refractivity (Wildman–Crippen MR) is 104 cm³/mol. The highest BCUT2D eigenvalue weighted by molar-refractivity contribution is 5.90. The number of benzene rings is 1. The molecule has 0 atom stereocenters. The number of hydrogen-bond acceptors (Lipinski definition) is 4. The van der Waals surface area contributed by atoms with Gasteiger partial charge in [-0.1, -0.05) is 69.5 Å². The van der Waals surface area contributed by atoms with Gasteiger partial charge in [-0.25, -0.2) is 9.59 Å². The maximum absolute atomic E-state index is 11.0. The molecule has 0 radical (unpaired) electrons. The van der Waals surface area contributed by atoms with Crippen LogP contribution in [-0.4, -0.2) is 23.7 Å². The lowest BCUT2D eigenvalue weighted by Crippen LogP contribution is -2.06. The highest BCUT2D eigenvalue weighted by Crippen LogP contribution is 1.98. The number of aliphatic carboxylic acids is 1. The third-order valence-corrected chi connectivity index (χ3v) is 2.56. The first kappa shape index (κ1) is 24.9. The van der Waals surface area contributed by atoms with Crippen molar-refractivity contribution in [1.82, 2.24) is 0 Å². The van der Waals surface area contributed by atoms with Crippen LogP contribution in [0.2, 0.25) is 0 Å². The molecule has 0 saturated carbocycles. The smallest absolute Gasteiger partial charge is 0.337 e. The van der Waals surface area contributed by atoms with Crippen molar-refractivity contribution in [3.8, 4) is 6.07 Å². The zero-order valence-electron chi connectivity index (χ0n) is 15.1. The molecule has 5 heteroatoms. The van der Waals surface area contributed by atoms with E-state index in [1.807, 2.05) is 43.3 Å². The van der Waals surface area contributed by atoms with E-state index in [0.29, 0.717) is 6.61 Å². The Balaban J connectivity index is 0. The van der Waals surface area contributed by atoms with Crippen molar-refractivity contribution < 1.29 is 19.4 Å². The van der Waals surface area contributed by atoms with Crippen molar-refractivity contribution in [3.63, 3.8) is 0 Å². The summed E-state index contributed by atoms with van der Waals surface area (Å²) in [6.45, 7) is 12.5. The number of nitriles is 1. The van der Waals surface area contributed by atoms with E-state index in [1.165, 1.54) is 17.7 Å². The summed E-state index contributed by atoms with van der Waals surface area (Å²) in [6, 6.07) is 11.8. The summed E-state index contributed by atoms with van der Waals surface area (Å²) < 4.78 is 4.84. The maximum atomic E-state index is 11.0. The van der Waals surface area contributed by atoms with Gasteiger partial charge in [-0.2, -0.15) is 5.26 Å². The van der Waals surface area contributed by atoms with Gasteiger partial charge in [-0.05, 0) is 18.1 Å². The molecule has 1 aromatic rings. The summed E-state index contributed by atoms with van der Waals surface area (Å²) in [7, 11) is 0. The second-order valence-corrected chi connectivity index (χ2v) is 4.63. The zero-order valence-corrected chi connectivity index (χ0v) is 15.1.